The molecule has 0 unspecified atom stereocenters. The van der Waals surface area contributed by atoms with Crippen LogP contribution in [-0.2, 0) is 6.42 Å². The van der Waals surface area contributed by atoms with E-state index >= 15 is 0 Å². The Morgan fingerprint density at radius 2 is 1.83 bits per heavy atom. The van der Waals surface area contributed by atoms with Gasteiger partial charge in [0.1, 0.15) is 17.6 Å². The van der Waals surface area contributed by atoms with Crippen molar-refractivity contribution in [3.63, 3.8) is 0 Å². The van der Waals surface area contributed by atoms with Crippen molar-refractivity contribution in [2.45, 2.75) is 26.2 Å². The molecule has 0 saturated heterocycles. The Hall–Kier alpha value is -3.77. The molecule has 3 aromatic carbocycles. The molecule has 35 heavy (non-hydrogen) atoms. The molecule has 5 rings (SSSR count). The molecule has 0 amide bonds. The Bertz CT molecular complexity index is 1470. The summed E-state index contributed by atoms with van der Waals surface area (Å²) in [4.78, 5) is 26.2. The Morgan fingerprint density at radius 3 is 2.63 bits per heavy atom. The van der Waals surface area contributed by atoms with Crippen LogP contribution in [0.5, 0.6) is 17.2 Å². The molecule has 0 bridgehead atoms. The van der Waals surface area contributed by atoms with E-state index in [1.807, 2.05) is 13.0 Å². The average molecular weight is 491 g/mol. The predicted octanol–water partition coefficient (Wildman–Crippen LogP) is 6.45. The maximum atomic E-state index is 13.5. The number of hydrogen-bond donors (Lipinski definition) is 0. The highest BCUT2D eigenvalue weighted by Gasteiger charge is 2.19. The molecule has 0 radical (unpaired) electrons. The van der Waals surface area contributed by atoms with Crippen LogP contribution in [0.3, 0.4) is 0 Å². The molecule has 7 heteroatoms. The minimum absolute atomic E-state index is 0.179. The van der Waals surface area contributed by atoms with Gasteiger partial charge in [-0.2, -0.15) is 0 Å². The lowest BCUT2D eigenvalue weighted by Gasteiger charge is -2.13. The van der Waals surface area contributed by atoms with Gasteiger partial charge in [-0.25, -0.2) is 4.79 Å². The molecule has 0 atom stereocenters. The molecule has 0 N–H and O–H groups in total. The third kappa shape index (κ3) is 4.62. The first kappa shape index (κ1) is 23.0. The lowest BCUT2D eigenvalue weighted by molar-refractivity contribution is 0.0733. The number of fused-ring (bicyclic) bond motifs is 2. The van der Waals surface area contributed by atoms with Gasteiger partial charge < -0.3 is 18.6 Å². The summed E-state index contributed by atoms with van der Waals surface area (Å²) in [5, 5.41) is 0.720. The minimum Gasteiger partial charge on any atom is -0.490 e. The van der Waals surface area contributed by atoms with Gasteiger partial charge in [-0.15, -0.1) is 0 Å². The number of rotatable bonds is 5. The molecule has 178 valence electrons. The van der Waals surface area contributed by atoms with Crippen molar-refractivity contribution in [2.75, 3.05) is 13.2 Å². The second-order valence-electron chi connectivity index (χ2n) is 8.27. The van der Waals surface area contributed by atoms with Crippen LogP contribution in [0.15, 0.2) is 70.1 Å². The van der Waals surface area contributed by atoms with E-state index in [9.17, 15) is 9.59 Å². The smallest absolute Gasteiger partial charge is 0.345 e. The summed E-state index contributed by atoms with van der Waals surface area (Å²) < 4.78 is 23.0. The summed E-state index contributed by atoms with van der Waals surface area (Å²) in [5.74, 6) is 1.04. The summed E-state index contributed by atoms with van der Waals surface area (Å²) in [6.45, 7) is 3.16. The number of aryl methyl sites for hydroxylation is 1. The number of ether oxygens (including phenoxy) is 3. The van der Waals surface area contributed by atoms with E-state index in [2.05, 4.69) is 0 Å². The highest BCUT2D eigenvalue weighted by atomic mass is 35.5. The molecule has 0 fully saturated rings. The predicted molar refractivity (Wildman–Crippen MR) is 134 cm³/mol. The van der Waals surface area contributed by atoms with E-state index in [0.29, 0.717) is 64.0 Å². The van der Waals surface area contributed by atoms with Gasteiger partial charge in [-0.1, -0.05) is 43.1 Å². The van der Waals surface area contributed by atoms with Crippen LogP contribution in [0.1, 0.15) is 35.7 Å². The van der Waals surface area contributed by atoms with E-state index in [0.717, 1.165) is 18.4 Å². The van der Waals surface area contributed by atoms with Gasteiger partial charge in [0, 0.05) is 12.5 Å². The molecule has 0 aliphatic carbocycles. The standard InChI is InChI=1S/C28H23ClO6/c1-2-6-18-13-20-25(15-24(18)35-28(31)19-7-3-4-8-22(19)29)34-16-21(27(20)30)17-9-10-23-26(14-17)33-12-5-11-32-23/h3-4,7-10,13-16H,2,5-6,11-12H2,1H3. The fourth-order valence-corrected chi connectivity index (χ4v) is 4.29. The maximum Gasteiger partial charge on any atom is 0.345 e. The van der Waals surface area contributed by atoms with Crippen molar-refractivity contribution in [2.24, 2.45) is 0 Å². The molecule has 0 saturated carbocycles. The van der Waals surface area contributed by atoms with Crippen LogP contribution in [0.25, 0.3) is 22.1 Å². The third-order valence-corrected chi connectivity index (χ3v) is 6.16. The summed E-state index contributed by atoms with van der Waals surface area (Å²) in [6.07, 6.45) is 3.64. The molecule has 1 aliphatic heterocycles. The van der Waals surface area contributed by atoms with Crippen molar-refractivity contribution in [1.29, 1.82) is 0 Å². The monoisotopic (exact) mass is 490 g/mol. The maximum absolute atomic E-state index is 13.5. The Morgan fingerprint density at radius 1 is 1.03 bits per heavy atom. The van der Waals surface area contributed by atoms with E-state index in [1.54, 1.807) is 48.5 Å². The topological polar surface area (TPSA) is 75.0 Å². The number of hydrogen-bond acceptors (Lipinski definition) is 6. The van der Waals surface area contributed by atoms with Gasteiger partial charge in [-0.3, -0.25) is 4.79 Å². The second-order valence-corrected chi connectivity index (χ2v) is 8.67. The lowest BCUT2D eigenvalue weighted by atomic mass is 10.0. The SMILES string of the molecule is CCCc1cc2c(=O)c(-c3ccc4c(c3)OCCCO4)coc2cc1OC(=O)c1ccccc1Cl. The van der Waals surface area contributed by atoms with Crippen LogP contribution >= 0.6 is 11.6 Å². The molecule has 1 aliphatic rings. The molecular weight excluding hydrogens is 468 g/mol. The number of esters is 1. The van der Waals surface area contributed by atoms with Crippen molar-refractivity contribution >= 4 is 28.5 Å². The molecular formula is C28H23ClO6. The fourth-order valence-electron chi connectivity index (χ4n) is 4.07. The average Bonchev–Trinajstić information content (AvgIpc) is 3.10. The van der Waals surface area contributed by atoms with Crippen molar-refractivity contribution in [3.05, 3.63) is 87.2 Å². The third-order valence-electron chi connectivity index (χ3n) is 5.83. The van der Waals surface area contributed by atoms with Crippen LogP contribution in [0.4, 0.5) is 0 Å². The van der Waals surface area contributed by atoms with Gasteiger partial charge in [0.05, 0.1) is 34.7 Å². The summed E-state index contributed by atoms with van der Waals surface area (Å²) in [5.41, 5.74) is 2.25. The van der Waals surface area contributed by atoms with Crippen molar-refractivity contribution in [1.82, 2.24) is 0 Å². The zero-order valence-corrected chi connectivity index (χ0v) is 19.9. The zero-order chi connectivity index (χ0) is 24.4. The van der Waals surface area contributed by atoms with Crippen molar-refractivity contribution in [3.8, 4) is 28.4 Å². The summed E-state index contributed by atoms with van der Waals surface area (Å²) >= 11 is 6.15. The van der Waals surface area contributed by atoms with Gasteiger partial charge in [0.25, 0.3) is 0 Å². The number of carbonyl (C=O) groups excluding carboxylic acids is 1. The van der Waals surface area contributed by atoms with Crippen LogP contribution in [-0.4, -0.2) is 19.2 Å². The van der Waals surface area contributed by atoms with Gasteiger partial charge in [0.15, 0.2) is 11.5 Å². The molecule has 4 aromatic rings. The Balaban J connectivity index is 1.55. The highest BCUT2D eigenvalue weighted by Crippen LogP contribution is 2.35. The Kier molecular flexibility index (Phi) is 6.47. The van der Waals surface area contributed by atoms with Gasteiger partial charge >= 0.3 is 5.97 Å². The van der Waals surface area contributed by atoms with Crippen LogP contribution in [0.2, 0.25) is 5.02 Å². The second kappa shape index (κ2) is 9.84. The molecule has 0 spiro atoms. The fraction of sp³-hybridized carbons (Fsp3) is 0.214. The highest BCUT2D eigenvalue weighted by molar-refractivity contribution is 6.33. The molecule has 2 heterocycles. The molecule has 1 aromatic heterocycles. The normalized spacial score (nSPS) is 12.9. The van der Waals surface area contributed by atoms with E-state index in [1.165, 1.54) is 6.26 Å². The first-order valence-corrected chi connectivity index (χ1v) is 11.9. The van der Waals surface area contributed by atoms with Gasteiger partial charge in [0.2, 0.25) is 5.43 Å². The zero-order valence-electron chi connectivity index (χ0n) is 19.1. The minimum atomic E-state index is -0.571. The number of carbonyl (C=O) groups is 1. The van der Waals surface area contributed by atoms with E-state index < -0.39 is 5.97 Å². The van der Waals surface area contributed by atoms with E-state index in [-0.39, 0.29) is 11.0 Å². The lowest BCUT2D eigenvalue weighted by Crippen LogP contribution is -2.11. The summed E-state index contributed by atoms with van der Waals surface area (Å²) in [7, 11) is 0. The van der Waals surface area contributed by atoms with E-state index in [4.69, 9.17) is 30.2 Å². The Labute approximate surface area is 207 Å². The van der Waals surface area contributed by atoms with Gasteiger partial charge in [-0.05, 0) is 47.9 Å². The number of halogens is 1. The largest absolute Gasteiger partial charge is 0.490 e. The molecule has 6 nitrogen and oxygen atoms in total. The van der Waals surface area contributed by atoms with Crippen LogP contribution in [0, 0.1) is 0 Å². The summed E-state index contributed by atoms with van der Waals surface area (Å²) in [6, 6.07) is 15.4. The van der Waals surface area contributed by atoms with Crippen molar-refractivity contribution < 1.29 is 23.4 Å². The first-order chi connectivity index (χ1) is 17.0. The first-order valence-electron chi connectivity index (χ1n) is 11.5. The number of benzene rings is 3. The quantitative estimate of drug-likeness (QED) is 0.236. The van der Waals surface area contributed by atoms with Crippen LogP contribution < -0.4 is 19.6 Å².